The summed E-state index contributed by atoms with van der Waals surface area (Å²) in [5, 5.41) is 18.6. The van der Waals surface area contributed by atoms with Crippen LogP contribution >= 0.6 is 11.3 Å². The first-order valence-corrected chi connectivity index (χ1v) is 4.37. The summed E-state index contributed by atoms with van der Waals surface area (Å²) in [6.07, 6.45) is 0. The minimum absolute atomic E-state index is 0.0405. The molecule has 2 N–H and O–H groups in total. The fourth-order valence-electron chi connectivity index (χ4n) is 0.936. The third-order valence-corrected chi connectivity index (χ3v) is 2.96. The minimum atomic E-state index is 0.0405. The van der Waals surface area contributed by atoms with Crippen LogP contribution in [0.2, 0.25) is 0 Å². The molecule has 0 aromatic carbocycles. The molecular formula is C8H12O2S. The van der Waals surface area contributed by atoms with Crippen molar-refractivity contribution in [1.29, 1.82) is 0 Å². The van der Waals surface area contributed by atoms with E-state index in [2.05, 4.69) is 0 Å². The van der Waals surface area contributed by atoms with Gasteiger partial charge in [0.05, 0.1) is 4.88 Å². The summed E-state index contributed by atoms with van der Waals surface area (Å²) in [4.78, 5) is 1.64. The predicted octanol–water partition coefficient (Wildman–Crippen LogP) is 2.59. The third-order valence-electron chi connectivity index (χ3n) is 1.58. The van der Waals surface area contributed by atoms with Gasteiger partial charge in [-0.1, -0.05) is 13.8 Å². The molecule has 0 saturated heterocycles. The van der Waals surface area contributed by atoms with Gasteiger partial charge in [0.15, 0.2) is 11.5 Å². The lowest BCUT2D eigenvalue weighted by Crippen LogP contribution is -1.79. The van der Waals surface area contributed by atoms with Gasteiger partial charge in [-0.15, -0.1) is 11.3 Å². The fourth-order valence-corrected chi connectivity index (χ4v) is 1.89. The van der Waals surface area contributed by atoms with Crippen LogP contribution in [0.25, 0.3) is 0 Å². The van der Waals surface area contributed by atoms with Crippen LogP contribution in [0.5, 0.6) is 11.5 Å². The zero-order valence-electron chi connectivity index (χ0n) is 6.88. The normalized spacial score (nSPS) is 10.9. The summed E-state index contributed by atoms with van der Waals surface area (Å²) in [5.41, 5.74) is 0. The van der Waals surface area contributed by atoms with Crippen molar-refractivity contribution < 1.29 is 10.2 Å². The molecule has 11 heavy (non-hydrogen) atoms. The van der Waals surface area contributed by atoms with E-state index < -0.39 is 0 Å². The smallest absolute Gasteiger partial charge is 0.172 e. The van der Waals surface area contributed by atoms with E-state index >= 15 is 0 Å². The Kier molecular flexibility index (Phi) is 2.09. The number of rotatable bonds is 1. The van der Waals surface area contributed by atoms with Crippen LogP contribution in [0.4, 0.5) is 0 Å². The van der Waals surface area contributed by atoms with E-state index in [-0.39, 0.29) is 17.4 Å². The number of hydrogen-bond donors (Lipinski definition) is 2. The lowest BCUT2D eigenvalue weighted by Gasteiger charge is -1.99. The quantitative estimate of drug-likeness (QED) is 0.683. The maximum absolute atomic E-state index is 9.35. The molecule has 0 aliphatic rings. The summed E-state index contributed by atoms with van der Waals surface area (Å²) in [6.45, 7) is 5.78. The van der Waals surface area contributed by atoms with Gasteiger partial charge in [-0.05, 0) is 12.8 Å². The molecule has 0 atom stereocenters. The second-order valence-electron chi connectivity index (χ2n) is 2.87. The number of aryl methyl sites for hydroxylation is 1. The highest BCUT2D eigenvalue weighted by Gasteiger charge is 2.15. The maximum atomic E-state index is 9.35. The van der Waals surface area contributed by atoms with Crippen molar-refractivity contribution in [3.63, 3.8) is 0 Å². The Bertz CT molecular complexity index is 263. The van der Waals surface area contributed by atoms with Gasteiger partial charge >= 0.3 is 0 Å². The average molecular weight is 172 g/mol. The van der Waals surface area contributed by atoms with Crippen LogP contribution in [0.1, 0.15) is 29.5 Å². The molecule has 0 amide bonds. The first kappa shape index (κ1) is 8.40. The molecule has 1 heterocycles. The van der Waals surface area contributed by atoms with Crippen molar-refractivity contribution in [3.05, 3.63) is 9.75 Å². The SMILES string of the molecule is Cc1sc(C(C)C)c(O)c1O. The second kappa shape index (κ2) is 2.74. The van der Waals surface area contributed by atoms with Crippen LogP contribution in [0.3, 0.4) is 0 Å². The van der Waals surface area contributed by atoms with Gasteiger partial charge < -0.3 is 10.2 Å². The molecular weight excluding hydrogens is 160 g/mol. The van der Waals surface area contributed by atoms with Crippen molar-refractivity contribution in [2.24, 2.45) is 0 Å². The molecule has 0 aliphatic carbocycles. The Morgan fingerprint density at radius 2 is 1.73 bits per heavy atom. The molecule has 0 spiro atoms. The van der Waals surface area contributed by atoms with Gasteiger partial charge in [0.1, 0.15) is 0 Å². The molecule has 0 aliphatic heterocycles. The van der Waals surface area contributed by atoms with Crippen molar-refractivity contribution in [1.82, 2.24) is 0 Å². The summed E-state index contributed by atoms with van der Waals surface area (Å²) < 4.78 is 0. The Morgan fingerprint density at radius 1 is 1.18 bits per heavy atom. The zero-order chi connectivity index (χ0) is 8.59. The molecule has 62 valence electrons. The Hall–Kier alpha value is -0.700. The summed E-state index contributed by atoms with van der Waals surface area (Å²) in [6, 6.07) is 0. The van der Waals surface area contributed by atoms with Gasteiger partial charge in [0.2, 0.25) is 0 Å². The molecule has 0 unspecified atom stereocenters. The molecule has 0 saturated carbocycles. The van der Waals surface area contributed by atoms with Crippen LogP contribution in [-0.2, 0) is 0 Å². The van der Waals surface area contributed by atoms with Gasteiger partial charge in [0, 0.05) is 4.88 Å². The van der Waals surface area contributed by atoms with E-state index in [1.54, 1.807) is 6.92 Å². The first-order chi connectivity index (χ1) is 5.04. The van der Waals surface area contributed by atoms with E-state index in [9.17, 15) is 10.2 Å². The van der Waals surface area contributed by atoms with Crippen LogP contribution in [-0.4, -0.2) is 10.2 Å². The van der Waals surface area contributed by atoms with Crippen molar-refractivity contribution in [2.45, 2.75) is 26.7 Å². The van der Waals surface area contributed by atoms with E-state index in [0.717, 1.165) is 9.75 Å². The Balaban J connectivity index is 3.19. The van der Waals surface area contributed by atoms with Gasteiger partial charge in [-0.3, -0.25) is 0 Å². The number of hydrogen-bond acceptors (Lipinski definition) is 3. The zero-order valence-corrected chi connectivity index (χ0v) is 7.70. The molecule has 1 rings (SSSR count). The highest BCUT2D eigenvalue weighted by molar-refractivity contribution is 7.12. The van der Waals surface area contributed by atoms with E-state index in [1.807, 2.05) is 13.8 Å². The van der Waals surface area contributed by atoms with Gasteiger partial charge in [-0.2, -0.15) is 0 Å². The number of thiophene rings is 1. The molecule has 3 heteroatoms. The predicted molar refractivity (Wildman–Crippen MR) is 46.5 cm³/mol. The minimum Gasteiger partial charge on any atom is -0.503 e. The van der Waals surface area contributed by atoms with Gasteiger partial charge in [0.25, 0.3) is 0 Å². The molecule has 2 nitrogen and oxygen atoms in total. The summed E-state index contributed by atoms with van der Waals surface area (Å²) >= 11 is 1.45. The van der Waals surface area contributed by atoms with E-state index in [0.29, 0.717) is 0 Å². The monoisotopic (exact) mass is 172 g/mol. The molecule has 1 aromatic heterocycles. The third kappa shape index (κ3) is 1.33. The Morgan fingerprint density at radius 3 is 1.91 bits per heavy atom. The largest absolute Gasteiger partial charge is 0.503 e. The van der Waals surface area contributed by atoms with Crippen LogP contribution < -0.4 is 0 Å². The van der Waals surface area contributed by atoms with E-state index in [4.69, 9.17) is 0 Å². The van der Waals surface area contributed by atoms with Crippen LogP contribution in [0.15, 0.2) is 0 Å². The molecule has 0 fully saturated rings. The Labute approximate surface area is 70.1 Å². The van der Waals surface area contributed by atoms with Crippen LogP contribution in [0, 0.1) is 6.92 Å². The van der Waals surface area contributed by atoms with Gasteiger partial charge in [-0.25, -0.2) is 0 Å². The topological polar surface area (TPSA) is 40.5 Å². The van der Waals surface area contributed by atoms with E-state index in [1.165, 1.54) is 11.3 Å². The van der Waals surface area contributed by atoms with Crippen molar-refractivity contribution in [2.75, 3.05) is 0 Å². The highest BCUT2D eigenvalue weighted by atomic mass is 32.1. The highest BCUT2D eigenvalue weighted by Crippen LogP contribution is 2.43. The van der Waals surface area contributed by atoms with Crippen molar-refractivity contribution in [3.8, 4) is 11.5 Å². The lowest BCUT2D eigenvalue weighted by molar-refractivity contribution is 0.401. The molecule has 1 aromatic rings. The molecule has 0 bridgehead atoms. The maximum Gasteiger partial charge on any atom is 0.172 e. The standard InChI is InChI=1S/C8H12O2S/c1-4(2)8-7(10)6(9)5(3)11-8/h4,9-10H,1-3H3. The summed E-state index contributed by atoms with van der Waals surface area (Å²) in [7, 11) is 0. The fraction of sp³-hybridized carbons (Fsp3) is 0.500. The lowest BCUT2D eigenvalue weighted by atomic mass is 10.1. The first-order valence-electron chi connectivity index (χ1n) is 3.55. The van der Waals surface area contributed by atoms with Crippen molar-refractivity contribution >= 4 is 11.3 Å². The number of aromatic hydroxyl groups is 2. The average Bonchev–Trinajstić information content (AvgIpc) is 2.17. The molecule has 0 radical (unpaired) electrons. The summed E-state index contributed by atoms with van der Waals surface area (Å²) in [5.74, 6) is 0.376. The second-order valence-corrected chi connectivity index (χ2v) is 4.13.